The molecular formula is C12H6Br2F2N4. The second kappa shape index (κ2) is 5.10. The lowest BCUT2D eigenvalue weighted by Gasteiger charge is -2.09. The van der Waals surface area contributed by atoms with Crippen molar-refractivity contribution in [3.63, 3.8) is 0 Å². The van der Waals surface area contributed by atoms with Gasteiger partial charge < -0.3 is 9.72 Å². The van der Waals surface area contributed by atoms with Crippen molar-refractivity contribution in [1.82, 2.24) is 14.4 Å². The quantitative estimate of drug-likeness (QED) is 0.649. The molecule has 0 aliphatic rings. The summed E-state index contributed by atoms with van der Waals surface area (Å²) < 4.78 is 29.4. The molecule has 0 amide bonds. The third-order valence-electron chi connectivity index (χ3n) is 2.61. The van der Waals surface area contributed by atoms with Crippen LogP contribution in [-0.2, 0) is 0 Å². The first-order valence-corrected chi connectivity index (χ1v) is 7.04. The van der Waals surface area contributed by atoms with Gasteiger partial charge in [0, 0.05) is 24.7 Å². The Morgan fingerprint density at radius 2 is 1.95 bits per heavy atom. The van der Waals surface area contributed by atoms with E-state index in [2.05, 4.69) is 47.1 Å². The van der Waals surface area contributed by atoms with Gasteiger partial charge in [0.1, 0.15) is 16.2 Å². The first-order chi connectivity index (χ1) is 9.54. The molecule has 0 atom stereocenters. The van der Waals surface area contributed by atoms with Crippen LogP contribution in [0.3, 0.4) is 0 Å². The fourth-order valence-electron chi connectivity index (χ4n) is 1.73. The summed E-state index contributed by atoms with van der Waals surface area (Å²) in [6.07, 6.45) is 5.07. The molecule has 20 heavy (non-hydrogen) atoms. The van der Waals surface area contributed by atoms with Crippen LogP contribution in [0, 0.1) is 11.6 Å². The lowest BCUT2D eigenvalue weighted by Crippen LogP contribution is -2.01. The highest BCUT2D eigenvalue weighted by atomic mass is 79.9. The number of fused-ring (bicyclic) bond motifs is 1. The summed E-state index contributed by atoms with van der Waals surface area (Å²) in [6, 6.07) is 2.11. The minimum atomic E-state index is -0.711. The van der Waals surface area contributed by atoms with Crippen LogP contribution in [0.2, 0.25) is 0 Å². The van der Waals surface area contributed by atoms with Crippen LogP contribution in [0.4, 0.5) is 20.3 Å². The van der Waals surface area contributed by atoms with Gasteiger partial charge in [0.25, 0.3) is 0 Å². The van der Waals surface area contributed by atoms with Crippen LogP contribution in [0.25, 0.3) is 5.65 Å². The number of nitrogens with one attached hydrogen (secondary N) is 1. The SMILES string of the molecule is Fc1cc(F)c(Nc2nc(Br)cn3ccnc23)cc1Br. The average molecular weight is 404 g/mol. The van der Waals surface area contributed by atoms with Gasteiger partial charge in [-0.2, -0.15) is 0 Å². The third kappa shape index (κ3) is 2.40. The number of hydrogen-bond acceptors (Lipinski definition) is 3. The predicted octanol–water partition coefficient (Wildman–Crippen LogP) is 4.28. The summed E-state index contributed by atoms with van der Waals surface area (Å²) in [5.74, 6) is -1.01. The fourth-order valence-corrected chi connectivity index (χ4v) is 2.47. The van der Waals surface area contributed by atoms with E-state index < -0.39 is 11.6 Å². The molecular weight excluding hydrogens is 398 g/mol. The van der Waals surface area contributed by atoms with Crippen molar-refractivity contribution < 1.29 is 8.78 Å². The van der Waals surface area contributed by atoms with Gasteiger partial charge in [-0.15, -0.1) is 0 Å². The van der Waals surface area contributed by atoms with Gasteiger partial charge in [0.2, 0.25) is 0 Å². The Hall–Kier alpha value is -1.54. The Balaban J connectivity index is 2.09. The highest BCUT2D eigenvalue weighted by Gasteiger charge is 2.12. The van der Waals surface area contributed by atoms with Crippen molar-refractivity contribution in [3.05, 3.63) is 51.4 Å². The van der Waals surface area contributed by atoms with Gasteiger partial charge in [0.15, 0.2) is 11.5 Å². The number of halogens is 4. The van der Waals surface area contributed by atoms with Crippen molar-refractivity contribution in [2.45, 2.75) is 0 Å². The highest BCUT2D eigenvalue weighted by molar-refractivity contribution is 9.10. The smallest absolute Gasteiger partial charge is 0.180 e. The van der Waals surface area contributed by atoms with Crippen molar-refractivity contribution >= 4 is 49.0 Å². The summed E-state index contributed by atoms with van der Waals surface area (Å²) in [4.78, 5) is 8.34. The molecule has 0 unspecified atom stereocenters. The van der Waals surface area contributed by atoms with E-state index in [9.17, 15) is 8.78 Å². The zero-order valence-electron chi connectivity index (χ0n) is 9.74. The summed E-state index contributed by atoms with van der Waals surface area (Å²) in [5, 5.41) is 2.81. The summed E-state index contributed by atoms with van der Waals surface area (Å²) >= 11 is 6.28. The number of aromatic nitrogens is 3. The van der Waals surface area contributed by atoms with E-state index in [1.165, 1.54) is 6.07 Å². The number of anilines is 2. The van der Waals surface area contributed by atoms with E-state index >= 15 is 0 Å². The third-order valence-corrected chi connectivity index (χ3v) is 3.60. The van der Waals surface area contributed by atoms with E-state index in [-0.39, 0.29) is 10.2 Å². The molecule has 4 nitrogen and oxygen atoms in total. The van der Waals surface area contributed by atoms with Crippen molar-refractivity contribution in [2.75, 3.05) is 5.32 Å². The number of rotatable bonds is 2. The minimum absolute atomic E-state index is 0.105. The van der Waals surface area contributed by atoms with Crippen LogP contribution in [0.15, 0.2) is 39.8 Å². The standard InChI is InChI=1S/C12H6Br2F2N4/c13-6-3-9(8(16)4-7(6)15)18-11-12-17-1-2-20(12)5-10(14)19-11/h1-5H,(H,18,19). The predicted molar refractivity (Wildman–Crippen MR) is 78.0 cm³/mol. The lowest BCUT2D eigenvalue weighted by molar-refractivity contribution is 0.581. The van der Waals surface area contributed by atoms with Crippen LogP contribution in [-0.4, -0.2) is 14.4 Å². The molecule has 0 spiro atoms. The molecule has 1 aromatic carbocycles. The monoisotopic (exact) mass is 402 g/mol. The maximum atomic E-state index is 13.8. The Bertz CT molecular complexity index is 803. The van der Waals surface area contributed by atoms with Crippen molar-refractivity contribution in [1.29, 1.82) is 0 Å². The highest BCUT2D eigenvalue weighted by Crippen LogP contribution is 2.27. The molecule has 8 heteroatoms. The molecule has 2 aromatic heterocycles. The largest absolute Gasteiger partial charge is 0.335 e. The van der Waals surface area contributed by atoms with Crippen LogP contribution in [0.1, 0.15) is 0 Å². The van der Waals surface area contributed by atoms with Gasteiger partial charge in [-0.1, -0.05) is 0 Å². The molecule has 3 aromatic rings. The maximum absolute atomic E-state index is 13.8. The molecule has 0 saturated carbocycles. The summed E-state index contributed by atoms with van der Waals surface area (Å²) in [5.41, 5.74) is 0.641. The van der Waals surface area contributed by atoms with Gasteiger partial charge in [-0.25, -0.2) is 18.7 Å². The molecule has 0 aliphatic heterocycles. The topological polar surface area (TPSA) is 42.2 Å². The molecule has 102 valence electrons. The maximum Gasteiger partial charge on any atom is 0.180 e. The Morgan fingerprint density at radius 3 is 2.75 bits per heavy atom. The van der Waals surface area contributed by atoms with E-state index in [1.54, 1.807) is 23.0 Å². The zero-order valence-corrected chi connectivity index (χ0v) is 12.9. The molecule has 0 aliphatic carbocycles. The van der Waals surface area contributed by atoms with Crippen LogP contribution >= 0.6 is 31.9 Å². The van der Waals surface area contributed by atoms with Crippen LogP contribution < -0.4 is 5.32 Å². The second-order valence-electron chi connectivity index (χ2n) is 3.94. The van der Waals surface area contributed by atoms with Crippen molar-refractivity contribution in [2.24, 2.45) is 0 Å². The minimum Gasteiger partial charge on any atom is -0.335 e. The fraction of sp³-hybridized carbons (Fsp3) is 0. The molecule has 1 N–H and O–H groups in total. The first-order valence-electron chi connectivity index (χ1n) is 5.45. The first kappa shape index (κ1) is 13.4. The number of nitrogens with zero attached hydrogens (tertiary/aromatic N) is 3. The summed E-state index contributed by atoms with van der Waals surface area (Å²) in [6.45, 7) is 0. The average Bonchev–Trinajstić information content (AvgIpc) is 2.84. The molecule has 3 rings (SSSR count). The summed E-state index contributed by atoms with van der Waals surface area (Å²) in [7, 11) is 0. The molecule has 0 saturated heterocycles. The van der Waals surface area contributed by atoms with Crippen molar-refractivity contribution in [3.8, 4) is 0 Å². The van der Waals surface area contributed by atoms with Gasteiger partial charge >= 0.3 is 0 Å². The molecule has 0 radical (unpaired) electrons. The molecule has 2 heterocycles. The Labute approximate surface area is 129 Å². The normalized spacial score (nSPS) is 11.0. The van der Waals surface area contributed by atoms with Gasteiger partial charge in [-0.3, -0.25) is 0 Å². The van der Waals surface area contributed by atoms with Crippen LogP contribution in [0.5, 0.6) is 0 Å². The van der Waals surface area contributed by atoms with E-state index in [1.807, 2.05) is 0 Å². The Kier molecular flexibility index (Phi) is 3.43. The Morgan fingerprint density at radius 1 is 1.15 bits per heavy atom. The van der Waals surface area contributed by atoms with E-state index in [0.29, 0.717) is 16.1 Å². The number of imidazole rings is 1. The van der Waals surface area contributed by atoms with Gasteiger partial charge in [0.05, 0.1) is 10.2 Å². The van der Waals surface area contributed by atoms with E-state index in [0.717, 1.165) is 6.07 Å². The number of hydrogen-bond donors (Lipinski definition) is 1. The number of benzene rings is 1. The zero-order chi connectivity index (χ0) is 14.3. The molecule has 0 bridgehead atoms. The lowest BCUT2D eigenvalue weighted by atomic mass is 10.3. The van der Waals surface area contributed by atoms with Gasteiger partial charge in [-0.05, 0) is 37.9 Å². The molecule has 0 fully saturated rings. The second-order valence-corrected chi connectivity index (χ2v) is 5.61. The van der Waals surface area contributed by atoms with E-state index in [4.69, 9.17) is 0 Å².